The maximum atomic E-state index is 2.47. The van der Waals surface area contributed by atoms with Gasteiger partial charge >= 0.3 is 0 Å². The third kappa shape index (κ3) is 3.96. The zero-order valence-electron chi connectivity index (χ0n) is 10.8. The predicted octanol–water partition coefficient (Wildman–Crippen LogP) is 5.48. The smallest absolute Gasteiger partial charge is 0.0320 e. The van der Waals surface area contributed by atoms with Crippen molar-refractivity contribution >= 4 is 0 Å². The van der Waals surface area contributed by atoms with Gasteiger partial charge in [-0.25, -0.2) is 0 Å². The van der Waals surface area contributed by atoms with Crippen molar-refractivity contribution in [2.45, 2.75) is 77.0 Å². The minimum absolute atomic E-state index is 1.02. The van der Waals surface area contributed by atoms with E-state index in [9.17, 15) is 0 Å². The Balaban J connectivity index is 1.86. The van der Waals surface area contributed by atoms with Gasteiger partial charge in [0.1, 0.15) is 0 Å². The van der Waals surface area contributed by atoms with Gasteiger partial charge in [-0.2, -0.15) is 0 Å². The highest BCUT2D eigenvalue weighted by Gasteiger charge is 2.21. The fourth-order valence-electron chi connectivity index (χ4n) is 3.56. The molecule has 16 heavy (non-hydrogen) atoms. The summed E-state index contributed by atoms with van der Waals surface area (Å²) in [5.74, 6) is 2.08. The number of hydrogen-bond acceptors (Lipinski definition) is 0. The first-order valence-electron chi connectivity index (χ1n) is 7.62. The fraction of sp³-hybridized carbons (Fsp3) is 0.875. The molecule has 0 saturated heterocycles. The van der Waals surface area contributed by atoms with Crippen LogP contribution in [0, 0.1) is 11.8 Å². The Morgan fingerprint density at radius 3 is 2.00 bits per heavy atom. The second kappa shape index (κ2) is 7.14. The van der Waals surface area contributed by atoms with E-state index < -0.39 is 0 Å². The monoisotopic (exact) mass is 220 g/mol. The van der Waals surface area contributed by atoms with Crippen molar-refractivity contribution in [3.63, 3.8) is 0 Å². The van der Waals surface area contributed by atoms with Gasteiger partial charge in [-0.3, -0.25) is 0 Å². The Morgan fingerprint density at radius 2 is 1.19 bits per heavy atom. The van der Waals surface area contributed by atoms with Crippen molar-refractivity contribution in [1.82, 2.24) is 0 Å². The lowest BCUT2D eigenvalue weighted by atomic mass is 9.77. The predicted molar refractivity (Wildman–Crippen MR) is 71.5 cm³/mol. The highest BCUT2D eigenvalue weighted by atomic mass is 14.3. The molecule has 0 bridgehead atoms. The van der Waals surface area contributed by atoms with Crippen LogP contribution in [0.25, 0.3) is 0 Å². The second-order valence-electron chi connectivity index (χ2n) is 5.86. The maximum Gasteiger partial charge on any atom is -0.0320 e. The summed E-state index contributed by atoms with van der Waals surface area (Å²) >= 11 is 0. The molecule has 1 fully saturated rings. The molecule has 0 amide bonds. The molecule has 0 nitrogen and oxygen atoms in total. The van der Waals surface area contributed by atoms with E-state index in [0.29, 0.717) is 0 Å². The zero-order valence-corrected chi connectivity index (χ0v) is 10.8. The molecule has 2 aliphatic carbocycles. The number of allylic oxidation sites excluding steroid dienone is 2. The van der Waals surface area contributed by atoms with Crippen LogP contribution in [0.5, 0.6) is 0 Å². The Kier molecular flexibility index (Phi) is 5.45. The molecular formula is C16H28. The van der Waals surface area contributed by atoms with Crippen molar-refractivity contribution in [3.05, 3.63) is 12.2 Å². The molecule has 1 saturated carbocycles. The molecule has 1 unspecified atom stereocenters. The van der Waals surface area contributed by atoms with E-state index in [-0.39, 0.29) is 0 Å². The van der Waals surface area contributed by atoms with Gasteiger partial charge in [0, 0.05) is 0 Å². The van der Waals surface area contributed by atoms with E-state index in [1.165, 1.54) is 77.0 Å². The average molecular weight is 220 g/mol. The molecule has 0 N–H and O–H groups in total. The molecule has 1 atom stereocenters. The number of hydrogen-bond donors (Lipinski definition) is 0. The van der Waals surface area contributed by atoms with Crippen molar-refractivity contribution in [2.24, 2.45) is 11.8 Å². The third-order valence-corrected chi connectivity index (χ3v) is 4.62. The minimum atomic E-state index is 1.02. The molecule has 0 spiro atoms. The molecule has 2 aliphatic rings. The Bertz CT molecular complexity index is 196. The molecule has 0 radical (unpaired) electrons. The van der Waals surface area contributed by atoms with Gasteiger partial charge in [0.05, 0.1) is 0 Å². The quantitative estimate of drug-likeness (QED) is 0.513. The molecule has 0 heteroatoms. The van der Waals surface area contributed by atoms with E-state index in [2.05, 4.69) is 12.2 Å². The lowest BCUT2D eigenvalue weighted by molar-refractivity contribution is 0.246. The molecular weight excluding hydrogens is 192 g/mol. The maximum absolute atomic E-state index is 2.47. The summed E-state index contributed by atoms with van der Waals surface area (Å²) in [5.41, 5.74) is 0. The largest absolute Gasteiger partial charge is 0.0885 e. The van der Waals surface area contributed by atoms with Crippen LogP contribution in [-0.4, -0.2) is 0 Å². The summed E-state index contributed by atoms with van der Waals surface area (Å²) in [4.78, 5) is 0. The van der Waals surface area contributed by atoms with Crippen molar-refractivity contribution in [3.8, 4) is 0 Å². The molecule has 0 aromatic carbocycles. The van der Waals surface area contributed by atoms with Gasteiger partial charge in [-0.05, 0) is 37.5 Å². The van der Waals surface area contributed by atoms with Crippen LogP contribution in [0.3, 0.4) is 0 Å². The summed E-state index contributed by atoms with van der Waals surface area (Å²) in [7, 11) is 0. The number of rotatable bonds is 1. The summed E-state index contributed by atoms with van der Waals surface area (Å²) < 4.78 is 0. The zero-order chi connectivity index (χ0) is 11.1. The lowest BCUT2D eigenvalue weighted by Crippen LogP contribution is -2.16. The first kappa shape index (κ1) is 12.2. The van der Waals surface area contributed by atoms with Gasteiger partial charge in [-0.15, -0.1) is 0 Å². The van der Waals surface area contributed by atoms with Crippen LogP contribution >= 0.6 is 0 Å². The van der Waals surface area contributed by atoms with Crippen LogP contribution < -0.4 is 0 Å². The fourth-order valence-corrected chi connectivity index (χ4v) is 3.56. The summed E-state index contributed by atoms with van der Waals surface area (Å²) in [5, 5.41) is 0. The van der Waals surface area contributed by atoms with Crippen LogP contribution in [0.1, 0.15) is 77.0 Å². The van der Waals surface area contributed by atoms with Gasteiger partial charge in [0.2, 0.25) is 0 Å². The molecule has 0 aromatic rings. The highest BCUT2D eigenvalue weighted by Crippen LogP contribution is 2.34. The minimum Gasteiger partial charge on any atom is -0.0885 e. The summed E-state index contributed by atoms with van der Waals surface area (Å²) in [6.07, 6.45) is 22.6. The molecule has 0 heterocycles. The standard InChI is InChI=1S/C16H28/c1-3-7-11-15(12-8-4-1)16-13-9-5-2-6-10-14-16/h3,7,15-16H,1-2,4-6,8-14H2/b7-3-. The van der Waals surface area contributed by atoms with Gasteiger partial charge < -0.3 is 0 Å². The summed E-state index contributed by atoms with van der Waals surface area (Å²) in [6.45, 7) is 0. The Labute approximate surface area is 102 Å². The first-order valence-corrected chi connectivity index (χ1v) is 7.62. The van der Waals surface area contributed by atoms with Crippen LogP contribution in [0.15, 0.2) is 12.2 Å². The van der Waals surface area contributed by atoms with Crippen molar-refractivity contribution < 1.29 is 0 Å². The van der Waals surface area contributed by atoms with E-state index in [1.807, 2.05) is 0 Å². The highest BCUT2D eigenvalue weighted by molar-refractivity contribution is 4.88. The van der Waals surface area contributed by atoms with E-state index in [4.69, 9.17) is 0 Å². The topological polar surface area (TPSA) is 0 Å². The first-order chi connectivity index (χ1) is 7.97. The lowest BCUT2D eigenvalue weighted by Gasteiger charge is -2.29. The molecule has 0 aromatic heterocycles. The van der Waals surface area contributed by atoms with Gasteiger partial charge in [0.25, 0.3) is 0 Å². The van der Waals surface area contributed by atoms with Crippen molar-refractivity contribution in [2.75, 3.05) is 0 Å². The summed E-state index contributed by atoms with van der Waals surface area (Å²) in [6, 6.07) is 0. The van der Waals surface area contributed by atoms with Crippen LogP contribution in [-0.2, 0) is 0 Å². The Hall–Kier alpha value is -0.260. The van der Waals surface area contributed by atoms with Crippen LogP contribution in [0.2, 0.25) is 0 Å². The normalized spacial score (nSPS) is 32.1. The molecule has 92 valence electrons. The third-order valence-electron chi connectivity index (χ3n) is 4.62. The van der Waals surface area contributed by atoms with Crippen LogP contribution in [0.4, 0.5) is 0 Å². The van der Waals surface area contributed by atoms with E-state index in [0.717, 1.165) is 11.8 Å². The molecule has 2 rings (SSSR count). The second-order valence-corrected chi connectivity index (χ2v) is 5.86. The SMILES string of the molecule is C1=C\CC(C2CCCCCCC2)CCCC/1. The van der Waals surface area contributed by atoms with Crippen molar-refractivity contribution in [1.29, 1.82) is 0 Å². The van der Waals surface area contributed by atoms with Gasteiger partial charge in [-0.1, -0.05) is 63.5 Å². The van der Waals surface area contributed by atoms with Gasteiger partial charge in [0.15, 0.2) is 0 Å². The Morgan fingerprint density at radius 1 is 0.562 bits per heavy atom. The molecule has 0 aliphatic heterocycles. The van der Waals surface area contributed by atoms with E-state index >= 15 is 0 Å². The van der Waals surface area contributed by atoms with E-state index in [1.54, 1.807) is 0 Å². The average Bonchev–Trinajstić information content (AvgIpc) is 2.18.